The molecule has 0 saturated carbocycles. The molecular formula is C27H30N2O5S. The lowest BCUT2D eigenvalue weighted by molar-refractivity contribution is -0.153. The first-order chi connectivity index (χ1) is 16.8. The first-order valence-electron chi connectivity index (χ1n) is 11.8. The molecule has 1 unspecified atom stereocenters. The van der Waals surface area contributed by atoms with Crippen LogP contribution in [-0.4, -0.2) is 45.8 Å². The van der Waals surface area contributed by atoms with Gasteiger partial charge in [0.15, 0.2) is 12.8 Å². The quantitative estimate of drug-likeness (QED) is 0.434. The van der Waals surface area contributed by atoms with Crippen molar-refractivity contribution in [3.8, 4) is 16.3 Å². The van der Waals surface area contributed by atoms with Crippen LogP contribution in [0.2, 0.25) is 0 Å². The second-order valence-electron chi connectivity index (χ2n) is 8.91. The number of hydrogen-bond donors (Lipinski definition) is 1. The first-order valence-corrected chi connectivity index (χ1v) is 12.6. The average molecular weight is 495 g/mol. The Bertz CT molecular complexity index is 1190. The molecule has 1 aromatic heterocycles. The molecule has 184 valence electrons. The molecule has 0 fully saturated rings. The van der Waals surface area contributed by atoms with Crippen molar-refractivity contribution in [3.63, 3.8) is 0 Å². The highest BCUT2D eigenvalue weighted by molar-refractivity contribution is 7.15. The van der Waals surface area contributed by atoms with E-state index in [4.69, 9.17) is 9.47 Å². The number of hydrogen-bond acceptors (Lipinski definition) is 6. The number of benzene rings is 2. The molecule has 0 aliphatic carbocycles. The average Bonchev–Trinajstić information content (AvgIpc) is 3.24. The zero-order valence-electron chi connectivity index (χ0n) is 20.2. The van der Waals surface area contributed by atoms with Gasteiger partial charge in [0.05, 0.1) is 12.6 Å². The van der Waals surface area contributed by atoms with Crippen LogP contribution in [0.1, 0.15) is 53.2 Å². The summed E-state index contributed by atoms with van der Waals surface area (Å²) in [7, 11) is 0. The van der Waals surface area contributed by atoms with E-state index in [-0.39, 0.29) is 18.7 Å². The summed E-state index contributed by atoms with van der Waals surface area (Å²) in [4.78, 5) is 31.9. The van der Waals surface area contributed by atoms with Gasteiger partial charge >= 0.3 is 5.97 Å². The second kappa shape index (κ2) is 11.0. The summed E-state index contributed by atoms with van der Waals surface area (Å²) in [5.41, 5.74) is 3.47. The molecule has 3 aromatic rings. The molecule has 0 bridgehead atoms. The minimum absolute atomic E-state index is 0.134. The number of thiazole rings is 1. The highest BCUT2D eigenvalue weighted by Gasteiger charge is 2.27. The SMILES string of the molecule is Cc1sc(-c2ccccc2)nc1C(=O)N1COc2ccc(CCCC(OC(C)C)C(=O)O)cc2C1. The molecule has 8 heteroatoms. The van der Waals surface area contributed by atoms with Crippen molar-refractivity contribution in [1.29, 1.82) is 0 Å². The molecule has 2 heterocycles. The monoisotopic (exact) mass is 494 g/mol. The van der Waals surface area contributed by atoms with Crippen molar-refractivity contribution in [2.45, 2.75) is 58.8 Å². The molecule has 1 aliphatic heterocycles. The van der Waals surface area contributed by atoms with Gasteiger partial charge in [-0.25, -0.2) is 9.78 Å². The fourth-order valence-corrected chi connectivity index (χ4v) is 5.01. The molecule has 0 spiro atoms. The molecule has 1 amide bonds. The number of amides is 1. The largest absolute Gasteiger partial charge is 0.479 e. The number of fused-ring (bicyclic) bond motifs is 1. The van der Waals surface area contributed by atoms with Gasteiger partial charge in [-0.05, 0) is 51.7 Å². The van der Waals surface area contributed by atoms with Gasteiger partial charge in [-0.15, -0.1) is 11.3 Å². The number of aromatic nitrogens is 1. The summed E-state index contributed by atoms with van der Waals surface area (Å²) in [6.07, 6.45) is 0.917. The summed E-state index contributed by atoms with van der Waals surface area (Å²) in [6.45, 7) is 6.20. The Balaban J connectivity index is 1.41. The van der Waals surface area contributed by atoms with Gasteiger partial charge in [-0.3, -0.25) is 9.69 Å². The molecule has 35 heavy (non-hydrogen) atoms. The third-order valence-corrected chi connectivity index (χ3v) is 6.83. The lowest BCUT2D eigenvalue weighted by atomic mass is 10.0. The summed E-state index contributed by atoms with van der Waals surface area (Å²) in [5, 5.41) is 10.2. The first kappa shape index (κ1) is 24.9. The highest BCUT2D eigenvalue weighted by Crippen LogP contribution is 2.31. The van der Waals surface area contributed by atoms with Gasteiger partial charge in [0.1, 0.15) is 16.5 Å². The van der Waals surface area contributed by atoms with Gasteiger partial charge in [0, 0.05) is 16.0 Å². The second-order valence-corrected chi connectivity index (χ2v) is 10.1. The van der Waals surface area contributed by atoms with E-state index in [1.807, 2.05) is 69.3 Å². The molecule has 1 aliphatic rings. The molecule has 1 atom stereocenters. The van der Waals surface area contributed by atoms with E-state index in [9.17, 15) is 14.7 Å². The highest BCUT2D eigenvalue weighted by atomic mass is 32.1. The summed E-state index contributed by atoms with van der Waals surface area (Å²) >= 11 is 1.51. The number of aliphatic carboxylic acids is 1. The zero-order chi connectivity index (χ0) is 24.9. The molecule has 1 N–H and O–H groups in total. The maximum Gasteiger partial charge on any atom is 0.332 e. The molecule has 0 radical (unpaired) electrons. The number of carbonyl (C=O) groups is 2. The Hall–Kier alpha value is -3.23. The van der Waals surface area contributed by atoms with Crippen LogP contribution in [0.25, 0.3) is 10.6 Å². The van der Waals surface area contributed by atoms with Crippen LogP contribution in [-0.2, 0) is 22.5 Å². The van der Waals surface area contributed by atoms with Gasteiger partial charge < -0.3 is 14.6 Å². The molecule has 0 saturated heterocycles. The van der Waals surface area contributed by atoms with Crippen LogP contribution in [0.4, 0.5) is 0 Å². The van der Waals surface area contributed by atoms with Crippen molar-refractivity contribution < 1.29 is 24.2 Å². The third kappa shape index (κ3) is 6.07. The fourth-order valence-electron chi connectivity index (χ4n) is 4.10. The van der Waals surface area contributed by atoms with Crippen LogP contribution in [0.5, 0.6) is 5.75 Å². The van der Waals surface area contributed by atoms with E-state index >= 15 is 0 Å². The van der Waals surface area contributed by atoms with E-state index in [1.54, 1.807) is 4.90 Å². The smallest absolute Gasteiger partial charge is 0.332 e. The maximum atomic E-state index is 13.3. The third-order valence-electron chi connectivity index (χ3n) is 5.81. The fraction of sp³-hybridized carbons (Fsp3) is 0.370. The Morgan fingerprint density at radius 1 is 1.20 bits per heavy atom. The molecular weight excluding hydrogens is 464 g/mol. The van der Waals surface area contributed by atoms with Gasteiger partial charge in [0.25, 0.3) is 5.91 Å². The van der Waals surface area contributed by atoms with Gasteiger partial charge in [0.2, 0.25) is 0 Å². The Kier molecular flexibility index (Phi) is 7.83. The van der Waals surface area contributed by atoms with E-state index in [0.717, 1.165) is 38.7 Å². The lowest BCUT2D eigenvalue weighted by Crippen LogP contribution is -2.37. The molecule has 4 rings (SSSR count). The van der Waals surface area contributed by atoms with E-state index in [2.05, 4.69) is 4.98 Å². The van der Waals surface area contributed by atoms with Crippen molar-refractivity contribution in [1.82, 2.24) is 9.88 Å². The standard InChI is InChI=1S/C27H30N2O5S/c1-17(2)34-23(27(31)32)11-7-8-19-12-13-22-21(14-19)15-29(16-33-22)26(30)24-18(3)35-25(28-24)20-9-5-4-6-10-20/h4-6,9-10,12-14,17,23H,7-8,11,15-16H2,1-3H3,(H,31,32). The minimum Gasteiger partial charge on any atom is -0.479 e. The number of carboxylic acid groups (broad SMARTS) is 1. The predicted molar refractivity (Wildman–Crippen MR) is 135 cm³/mol. The van der Waals surface area contributed by atoms with E-state index in [1.165, 1.54) is 11.3 Å². The van der Waals surface area contributed by atoms with Crippen molar-refractivity contribution in [3.05, 3.63) is 70.2 Å². The van der Waals surface area contributed by atoms with Crippen molar-refractivity contribution in [2.75, 3.05) is 6.73 Å². The van der Waals surface area contributed by atoms with Gasteiger partial charge in [-0.2, -0.15) is 0 Å². The Morgan fingerprint density at radius 3 is 2.69 bits per heavy atom. The normalized spacial score (nSPS) is 13.9. The van der Waals surface area contributed by atoms with E-state index in [0.29, 0.717) is 25.1 Å². The zero-order valence-corrected chi connectivity index (χ0v) is 21.0. The topological polar surface area (TPSA) is 89.0 Å². The summed E-state index contributed by atoms with van der Waals surface area (Å²) in [6, 6.07) is 15.8. The van der Waals surface area contributed by atoms with E-state index < -0.39 is 12.1 Å². The van der Waals surface area contributed by atoms with Crippen LogP contribution < -0.4 is 4.74 Å². The molecule has 7 nitrogen and oxygen atoms in total. The Labute approximate surface area is 209 Å². The number of nitrogens with zero attached hydrogens (tertiary/aromatic N) is 2. The minimum atomic E-state index is -0.931. The Morgan fingerprint density at radius 2 is 1.97 bits per heavy atom. The maximum absolute atomic E-state index is 13.3. The van der Waals surface area contributed by atoms with Crippen LogP contribution in [0.15, 0.2) is 48.5 Å². The van der Waals surface area contributed by atoms with Gasteiger partial charge in [-0.1, -0.05) is 42.5 Å². The van der Waals surface area contributed by atoms with Crippen molar-refractivity contribution in [2.24, 2.45) is 0 Å². The molecule has 2 aromatic carbocycles. The van der Waals surface area contributed by atoms with Crippen LogP contribution in [0, 0.1) is 6.92 Å². The number of carbonyl (C=O) groups excluding carboxylic acids is 1. The number of ether oxygens (including phenoxy) is 2. The van der Waals surface area contributed by atoms with Crippen LogP contribution >= 0.6 is 11.3 Å². The number of aryl methyl sites for hydroxylation is 2. The summed E-state index contributed by atoms with van der Waals surface area (Å²) in [5.74, 6) is -0.309. The number of rotatable bonds is 9. The van der Waals surface area contributed by atoms with Crippen molar-refractivity contribution >= 4 is 23.2 Å². The number of carboxylic acids is 1. The predicted octanol–water partition coefficient (Wildman–Crippen LogP) is 5.31. The lowest BCUT2D eigenvalue weighted by Gasteiger charge is -2.29. The summed E-state index contributed by atoms with van der Waals surface area (Å²) < 4.78 is 11.4. The van der Waals surface area contributed by atoms with Crippen LogP contribution in [0.3, 0.4) is 0 Å².